The zero-order chi connectivity index (χ0) is 12.0. The average Bonchev–Trinajstić information content (AvgIpc) is 2.24. The Kier molecular flexibility index (Phi) is 6.37. The molecule has 1 saturated carbocycles. The topological polar surface area (TPSA) is 21.3 Å². The third kappa shape index (κ3) is 4.42. The largest absolute Gasteiger partial charge is 0.374 e. The molecule has 1 N–H and O–H groups in total. The summed E-state index contributed by atoms with van der Waals surface area (Å²) in [6.07, 6.45) is 7.17. The summed E-state index contributed by atoms with van der Waals surface area (Å²) >= 11 is 0. The molecule has 1 aliphatic rings. The summed E-state index contributed by atoms with van der Waals surface area (Å²) < 4.78 is 6.23. The molecule has 1 fully saturated rings. The van der Waals surface area contributed by atoms with Gasteiger partial charge in [-0.25, -0.2) is 0 Å². The Bertz CT molecular complexity index is 178. The van der Waals surface area contributed by atoms with Crippen LogP contribution in [-0.2, 0) is 4.74 Å². The van der Waals surface area contributed by atoms with Crippen LogP contribution in [-0.4, -0.2) is 25.8 Å². The van der Waals surface area contributed by atoms with Crippen molar-refractivity contribution in [3.05, 3.63) is 0 Å². The zero-order valence-corrected chi connectivity index (χ0v) is 11.5. The van der Waals surface area contributed by atoms with Gasteiger partial charge in [0, 0.05) is 6.54 Å². The molecule has 0 radical (unpaired) electrons. The SMILES string of the molecule is CCCC(CNC)OC1CCC(C)C(C)C1. The molecule has 0 bridgehead atoms. The predicted molar refractivity (Wildman–Crippen MR) is 69.7 cm³/mol. The lowest BCUT2D eigenvalue weighted by Crippen LogP contribution is -2.34. The Morgan fingerprint density at radius 1 is 1.25 bits per heavy atom. The fourth-order valence-corrected chi connectivity index (χ4v) is 2.66. The Morgan fingerprint density at radius 2 is 2.00 bits per heavy atom. The summed E-state index contributed by atoms with van der Waals surface area (Å²) in [6, 6.07) is 0. The third-order valence-corrected chi connectivity index (χ3v) is 3.98. The van der Waals surface area contributed by atoms with Crippen LogP contribution in [0.4, 0.5) is 0 Å². The molecule has 2 heteroatoms. The van der Waals surface area contributed by atoms with E-state index in [-0.39, 0.29) is 0 Å². The van der Waals surface area contributed by atoms with Crippen LogP contribution in [0.3, 0.4) is 0 Å². The van der Waals surface area contributed by atoms with Crippen molar-refractivity contribution in [1.29, 1.82) is 0 Å². The molecule has 96 valence electrons. The van der Waals surface area contributed by atoms with Gasteiger partial charge in [0.25, 0.3) is 0 Å². The van der Waals surface area contributed by atoms with Gasteiger partial charge in [0.15, 0.2) is 0 Å². The quantitative estimate of drug-likeness (QED) is 0.752. The highest BCUT2D eigenvalue weighted by Crippen LogP contribution is 2.31. The molecule has 0 spiro atoms. The number of nitrogens with one attached hydrogen (secondary N) is 1. The van der Waals surface area contributed by atoms with Gasteiger partial charge in [-0.2, -0.15) is 0 Å². The maximum absolute atomic E-state index is 6.23. The van der Waals surface area contributed by atoms with Crippen LogP contribution in [0.15, 0.2) is 0 Å². The standard InChI is InChI=1S/C14H29NO/c1-5-6-14(10-15-4)16-13-8-7-11(2)12(3)9-13/h11-15H,5-10H2,1-4H3. The summed E-state index contributed by atoms with van der Waals surface area (Å²) in [4.78, 5) is 0. The van der Waals surface area contributed by atoms with Crippen molar-refractivity contribution in [3.63, 3.8) is 0 Å². The van der Waals surface area contributed by atoms with Crippen molar-refractivity contribution in [2.24, 2.45) is 11.8 Å². The van der Waals surface area contributed by atoms with Crippen LogP contribution >= 0.6 is 0 Å². The number of likely N-dealkylation sites (N-methyl/N-ethyl adjacent to an activating group) is 1. The second-order valence-corrected chi connectivity index (χ2v) is 5.49. The van der Waals surface area contributed by atoms with E-state index in [2.05, 4.69) is 26.1 Å². The van der Waals surface area contributed by atoms with Crippen molar-refractivity contribution in [3.8, 4) is 0 Å². The van der Waals surface area contributed by atoms with Gasteiger partial charge in [-0.3, -0.25) is 0 Å². The molecule has 0 aromatic carbocycles. The lowest BCUT2D eigenvalue weighted by molar-refractivity contribution is -0.0487. The molecule has 0 heterocycles. The molecule has 1 aliphatic carbocycles. The number of ether oxygens (including phenoxy) is 1. The van der Waals surface area contributed by atoms with E-state index in [4.69, 9.17) is 4.74 Å². The lowest BCUT2D eigenvalue weighted by atomic mass is 9.80. The van der Waals surface area contributed by atoms with Crippen LogP contribution in [0.2, 0.25) is 0 Å². The molecule has 4 unspecified atom stereocenters. The van der Waals surface area contributed by atoms with E-state index in [0.29, 0.717) is 12.2 Å². The maximum atomic E-state index is 6.23. The predicted octanol–water partition coefficient (Wildman–Crippen LogP) is 3.22. The summed E-state index contributed by atoms with van der Waals surface area (Å²) in [5.41, 5.74) is 0. The zero-order valence-electron chi connectivity index (χ0n) is 11.5. The van der Waals surface area contributed by atoms with Gasteiger partial charge in [-0.15, -0.1) is 0 Å². The fourth-order valence-electron chi connectivity index (χ4n) is 2.66. The molecule has 0 amide bonds. The Balaban J connectivity index is 2.33. The highest BCUT2D eigenvalue weighted by molar-refractivity contribution is 4.77. The van der Waals surface area contributed by atoms with E-state index in [0.717, 1.165) is 18.4 Å². The maximum Gasteiger partial charge on any atom is 0.0703 e. The normalized spacial score (nSPS) is 32.6. The van der Waals surface area contributed by atoms with Gasteiger partial charge in [0.05, 0.1) is 12.2 Å². The fraction of sp³-hybridized carbons (Fsp3) is 1.00. The average molecular weight is 227 g/mol. The molecule has 0 aromatic heterocycles. The van der Waals surface area contributed by atoms with Gasteiger partial charge in [-0.1, -0.05) is 27.2 Å². The molecule has 0 saturated heterocycles. The number of hydrogen-bond donors (Lipinski definition) is 1. The Hall–Kier alpha value is -0.0800. The minimum atomic E-state index is 0.417. The van der Waals surface area contributed by atoms with Crippen LogP contribution in [0.1, 0.15) is 52.9 Å². The monoisotopic (exact) mass is 227 g/mol. The first-order valence-corrected chi connectivity index (χ1v) is 6.97. The molecule has 0 aliphatic heterocycles. The van der Waals surface area contributed by atoms with Crippen molar-refractivity contribution in [2.75, 3.05) is 13.6 Å². The van der Waals surface area contributed by atoms with Crippen molar-refractivity contribution in [1.82, 2.24) is 5.32 Å². The lowest BCUT2D eigenvalue weighted by Gasteiger charge is -2.34. The van der Waals surface area contributed by atoms with E-state index in [9.17, 15) is 0 Å². The van der Waals surface area contributed by atoms with Crippen LogP contribution in [0, 0.1) is 11.8 Å². The first-order chi connectivity index (χ1) is 7.67. The van der Waals surface area contributed by atoms with E-state index in [1.807, 2.05) is 7.05 Å². The molecule has 0 aromatic rings. The number of hydrogen-bond acceptors (Lipinski definition) is 2. The van der Waals surface area contributed by atoms with Crippen LogP contribution in [0.25, 0.3) is 0 Å². The molecular weight excluding hydrogens is 198 g/mol. The summed E-state index contributed by atoms with van der Waals surface area (Å²) in [5.74, 6) is 1.71. The third-order valence-electron chi connectivity index (χ3n) is 3.98. The summed E-state index contributed by atoms with van der Waals surface area (Å²) in [7, 11) is 2.01. The first-order valence-electron chi connectivity index (χ1n) is 6.97. The van der Waals surface area contributed by atoms with Gasteiger partial charge in [0.2, 0.25) is 0 Å². The van der Waals surface area contributed by atoms with E-state index in [1.165, 1.54) is 32.1 Å². The molecule has 16 heavy (non-hydrogen) atoms. The van der Waals surface area contributed by atoms with E-state index >= 15 is 0 Å². The summed E-state index contributed by atoms with van der Waals surface area (Å²) in [6.45, 7) is 7.97. The highest BCUT2D eigenvalue weighted by Gasteiger charge is 2.26. The van der Waals surface area contributed by atoms with Crippen molar-refractivity contribution in [2.45, 2.75) is 65.1 Å². The molecule has 2 nitrogen and oxygen atoms in total. The van der Waals surface area contributed by atoms with Crippen molar-refractivity contribution >= 4 is 0 Å². The molecule has 4 atom stereocenters. The molecular formula is C14H29NO. The van der Waals surface area contributed by atoms with Gasteiger partial charge in [0.1, 0.15) is 0 Å². The number of rotatable bonds is 6. The van der Waals surface area contributed by atoms with Gasteiger partial charge in [-0.05, 0) is 44.6 Å². The first kappa shape index (κ1) is 14.0. The second kappa shape index (κ2) is 7.29. The van der Waals surface area contributed by atoms with Crippen molar-refractivity contribution < 1.29 is 4.74 Å². The minimum Gasteiger partial charge on any atom is -0.374 e. The van der Waals surface area contributed by atoms with Gasteiger partial charge < -0.3 is 10.1 Å². The molecule has 1 rings (SSSR count). The second-order valence-electron chi connectivity index (χ2n) is 5.49. The van der Waals surface area contributed by atoms with Gasteiger partial charge >= 0.3 is 0 Å². The smallest absolute Gasteiger partial charge is 0.0703 e. The highest BCUT2D eigenvalue weighted by atomic mass is 16.5. The van der Waals surface area contributed by atoms with E-state index in [1.54, 1.807) is 0 Å². The van der Waals surface area contributed by atoms with Crippen LogP contribution in [0.5, 0.6) is 0 Å². The van der Waals surface area contributed by atoms with Crippen LogP contribution < -0.4 is 5.32 Å². The van der Waals surface area contributed by atoms with E-state index < -0.39 is 0 Å². The minimum absolute atomic E-state index is 0.417. The Labute approximate surface area is 101 Å². The summed E-state index contributed by atoms with van der Waals surface area (Å²) in [5, 5.41) is 3.24. The Morgan fingerprint density at radius 3 is 2.56 bits per heavy atom.